The number of carbonyl (C=O) groups is 1. The first kappa shape index (κ1) is 12.8. The summed E-state index contributed by atoms with van der Waals surface area (Å²) in [6.45, 7) is 0. The fraction of sp³-hybridized carbons (Fsp3) is 0.333. The van der Waals surface area contributed by atoms with E-state index in [4.69, 9.17) is 10.00 Å². The van der Waals surface area contributed by atoms with E-state index in [1.807, 2.05) is 18.2 Å². The molecule has 0 fully saturated rings. The Balaban J connectivity index is 2.74. The van der Waals surface area contributed by atoms with Crippen LogP contribution in [0.2, 0.25) is 0 Å². The Kier molecular flexibility index (Phi) is 4.82. The number of methoxy groups -OCH3 is 1. The number of hydrogen-bond acceptors (Lipinski definition) is 4. The Morgan fingerprint density at radius 1 is 1.53 bits per heavy atom. The minimum Gasteiger partial charge on any atom is -0.495 e. The van der Waals surface area contributed by atoms with Crippen LogP contribution in [-0.4, -0.2) is 26.1 Å². The smallest absolute Gasteiger partial charge is 0.222 e. The molecule has 5 heteroatoms. The number of rotatable bonds is 5. The number of amides is 1. The molecule has 0 saturated carbocycles. The lowest BCUT2D eigenvalue weighted by Gasteiger charge is -2.14. The summed E-state index contributed by atoms with van der Waals surface area (Å²) in [5, 5.41) is 14.4. The maximum atomic E-state index is 11.2. The average Bonchev–Trinajstić information content (AvgIpc) is 2.38. The molecule has 0 aliphatic carbocycles. The van der Waals surface area contributed by atoms with Gasteiger partial charge in [-0.15, -0.1) is 0 Å². The van der Waals surface area contributed by atoms with Crippen LogP contribution in [-0.2, 0) is 4.79 Å². The second-order valence-corrected chi connectivity index (χ2v) is 3.40. The maximum Gasteiger partial charge on any atom is 0.222 e. The molecule has 0 spiro atoms. The van der Waals surface area contributed by atoms with Crippen molar-refractivity contribution in [2.45, 2.75) is 12.5 Å². The standard InChI is InChI=1S/C12H15N3O2/c1-14-12(16)7-9(8-13)15-10-5-3-4-6-11(10)17-2/h3-6,9,15H,7H2,1-2H3,(H,14,16). The van der Waals surface area contributed by atoms with Crippen molar-refractivity contribution in [3.63, 3.8) is 0 Å². The monoisotopic (exact) mass is 233 g/mol. The highest BCUT2D eigenvalue weighted by Gasteiger charge is 2.13. The molecule has 1 rings (SSSR count). The van der Waals surface area contributed by atoms with E-state index in [0.29, 0.717) is 11.4 Å². The second-order valence-electron chi connectivity index (χ2n) is 3.40. The number of ether oxygens (including phenoxy) is 1. The number of nitriles is 1. The summed E-state index contributed by atoms with van der Waals surface area (Å²) in [4.78, 5) is 11.2. The van der Waals surface area contributed by atoms with Gasteiger partial charge >= 0.3 is 0 Å². The molecule has 0 bridgehead atoms. The van der Waals surface area contributed by atoms with Crippen LogP contribution >= 0.6 is 0 Å². The van der Waals surface area contributed by atoms with Crippen molar-refractivity contribution >= 4 is 11.6 Å². The van der Waals surface area contributed by atoms with E-state index >= 15 is 0 Å². The summed E-state index contributed by atoms with van der Waals surface area (Å²) in [7, 11) is 3.10. The Hall–Kier alpha value is -2.22. The third-order valence-electron chi connectivity index (χ3n) is 2.26. The van der Waals surface area contributed by atoms with Gasteiger partial charge in [-0.25, -0.2) is 0 Å². The molecule has 1 unspecified atom stereocenters. The second kappa shape index (κ2) is 6.38. The molecule has 2 N–H and O–H groups in total. The minimum atomic E-state index is -0.578. The number of hydrogen-bond donors (Lipinski definition) is 2. The number of nitrogens with one attached hydrogen (secondary N) is 2. The molecule has 0 saturated heterocycles. The van der Waals surface area contributed by atoms with Gasteiger partial charge in [-0.1, -0.05) is 12.1 Å². The normalized spacial score (nSPS) is 11.1. The van der Waals surface area contributed by atoms with Crippen LogP contribution in [0.4, 0.5) is 5.69 Å². The summed E-state index contributed by atoms with van der Waals surface area (Å²) in [5.41, 5.74) is 0.699. The molecule has 90 valence electrons. The van der Waals surface area contributed by atoms with E-state index in [9.17, 15) is 4.79 Å². The van der Waals surface area contributed by atoms with Crippen molar-refractivity contribution < 1.29 is 9.53 Å². The molecule has 0 aliphatic rings. The quantitative estimate of drug-likeness (QED) is 0.799. The van der Waals surface area contributed by atoms with Gasteiger partial charge in [-0.2, -0.15) is 5.26 Å². The fourth-order valence-corrected chi connectivity index (χ4v) is 1.37. The van der Waals surface area contributed by atoms with Crippen LogP contribution in [0.1, 0.15) is 6.42 Å². The molecule has 1 aromatic carbocycles. The molecule has 1 atom stereocenters. The van der Waals surface area contributed by atoms with Gasteiger partial charge in [-0.3, -0.25) is 4.79 Å². The summed E-state index contributed by atoms with van der Waals surface area (Å²) < 4.78 is 5.15. The number of carbonyl (C=O) groups excluding carboxylic acids is 1. The van der Waals surface area contributed by atoms with Crippen LogP contribution in [0.15, 0.2) is 24.3 Å². The zero-order chi connectivity index (χ0) is 12.7. The lowest BCUT2D eigenvalue weighted by atomic mass is 10.2. The number of para-hydroxylation sites is 2. The first-order valence-corrected chi connectivity index (χ1v) is 5.21. The van der Waals surface area contributed by atoms with Crippen LogP contribution < -0.4 is 15.4 Å². The third-order valence-corrected chi connectivity index (χ3v) is 2.26. The first-order chi connectivity index (χ1) is 8.21. The molecule has 0 aliphatic heterocycles. The molecule has 0 radical (unpaired) electrons. The topological polar surface area (TPSA) is 74.2 Å². The molecule has 0 heterocycles. The average molecular weight is 233 g/mol. The third kappa shape index (κ3) is 3.68. The summed E-state index contributed by atoms with van der Waals surface area (Å²) in [6, 6.07) is 8.72. The molecule has 17 heavy (non-hydrogen) atoms. The van der Waals surface area contributed by atoms with E-state index in [1.165, 1.54) is 0 Å². The van der Waals surface area contributed by atoms with Crippen molar-refractivity contribution in [2.75, 3.05) is 19.5 Å². The molecular formula is C12H15N3O2. The van der Waals surface area contributed by atoms with Gasteiger partial charge in [0.25, 0.3) is 0 Å². The van der Waals surface area contributed by atoms with E-state index in [-0.39, 0.29) is 12.3 Å². The van der Waals surface area contributed by atoms with Gasteiger partial charge in [0.2, 0.25) is 5.91 Å². The van der Waals surface area contributed by atoms with Crippen molar-refractivity contribution in [1.82, 2.24) is 5.32 Å². The number of nitrogens with zero attached hydrogens (tertiary/aromatic N) is 1. The Labute approximate surface area is 100 Å². The van der Waals surface area contributed by atoms with Gasteiger partial charge in [0.1, 0.15) is 11.8 Å². The van der Waals surface area contributed by atoms with Gasteiger partial charge in [0.15, 0.2) is 0 Å². The van der Waals surface area contributed by atoms with Gasteiger partial charge in [0.05, 0.1) is 25.3 Å². The molecule has 0 aromatic heterocycles. The van der Waals surface area contributed by atoms with Crippen LogP contribution in [0.3, 0.4) is 0 Å². The Morgan fingerprint density at radius 3 is 2.82 bits per heavy atom. The van der Waals surface area contributed by atoms with Crippen LogP contribution in [0, 0.1) is 11.3 Å². The zero-order valence-electron chi connectivity index (χ0n) is 9.86. The predicted molar refractivity (Wildman–Crippen MR) is 64.7 cm³/mol. The van der Waals surface area contributed by atoms with Crippen molar-refractivity contribution in [3.8, 4) is 11.8 Å². The molecular weight excluding hydrogens is 218 g/mol. The van der Waals surface area contributed by atoms with Crippen molar-refractivity contribution in [3.05, 3.63) is 24.3 Å². The van der Waals surface area contributed by atoms with Crippen LogP contribution in [0.25, 0.3) is 0 Å². The first-order valence-electron chi connectivity index (χ1n) is 5.21. The highest BCUT2D eigenvalue weighted by Crippen LogP contribution is 2.24. The van der Waals surface area contributed by atoms with E-state index in [2.05, 4.69) is 10.6 Å². The minimum absolute atomic E-state index is 0.102. The highest BCUT2D eigenvalue weighted by molar-refractivity contribution is 5.77. The molecule has 1 aromatic rings. The van der Waals surface area contributed by atoms with Crippen molar-refractivity contribution in [1.29, 1.82) is 5.26 Å². The molecule has 5 nitrogen and oxygen atoms in total. The van der Waals surface area contributed by atoms with Crippen molar-refractivity contribution in [2.24, 2.45) is 0 Å². The van der Waals surface area contributed by atoms with E-state index in [1.54, 1.807) is 26.3 Å². The van der Waals surface area contributed by atoms with Gasteiger partial charge in [-0.05, 0) is 12.1 Å². The lowest BCUT2D eigenvalue weighted by Crippen LogP contribution is -2.28. The predicted octanol–water partition coefficient (Wildman–Crippen LogP) is 1.14. The van der Waals surface area contributed by atoms with Crippen LogP contribution in [0.5, 0.6) is 5.75 Å². The maximum absolute atomic E-state index is 11.2. The summed E-state index contributed by atoms with van der Waals surface area (Å²) in [5.74, 6) is 0.462. The summed E-state index contributed by atoms with van der Waals surface area (Å²) in [6.07, 6.45) is 0.102. The van der Waals surface area contributed by atoms with E-state index < -0.39 is 6.04 Å². The summed E-state index contributed by atoms with van der Waals surface area (Å²) >= 11 is 0. The van der Waals surface area contributed by atoms with Gasteiger partial charge < -0.3 is 15.4 Å². The van der Waals surface area contributed by atoms with Gasteiger partial charge in [0, 0.05) is 7.05 Å². The molecule has 1 amide bonds. The zero-order valence-corrected chi connectivity index (χ0v) is 9.86. The SMILES string of the molecule is CNC(=O)CC(C#N)Nc1ccccc1OC. The van der Waals surface area contributed by atoms with E-state index in [0.717, 1.165) is 0 Å². The Morgan fingerprint density at radius 2 is 2.24 bits per heavy atom. The fourth-order valence-electron chi connectivity index (χ4n) is 1.37. The lowest BCUT2D eigenvalue weighted by molar-refractivity contribution is -0.120. The highest BCUT2D eigenvalue weighted by atomic mass is 16.5. The Bertz CT molecular complexity index is 426. The number of benzene rings is 1. The number of anilines is 1. The largest absolute Gasteiger partial charge is 0.495 e.